The summed E-state index contributed by atoms with van der Waals surface area (Å²) in [4.78, 5) is 17.6. The summed E-state index contributed by atoms with van der Waals surface area (Å²) >= 11 is 0. The van der Waals surface area contributed by atoms with Gasteiger partial charge in [0, 0.05) is 32.7 Å². The molecule has 1 saturated heterocycles. The van der Waals surface area contributed by atoms with Gasteiger partial charge in [0.05, 0.1) is 10.6 Å². The smallest absolute Gasteiger partial charge is 0.264 e. The van der Waals surface area contributed by atoms with Gasteiger partial charge < -0.3 is 4.90 Å². The van der Waals surface area contributed by atoms with Crippen molar-refractivity contribution < 1.29 is 13.2 Å². The molecule has 0 aromatic heterocycles. The zero-order valence-corrected chi connectivity index (χ0v) is 20.5. The molecule has 3 aromatic carbocycles. The molecule has 1 aliphatic heterocycles. The molecule has 1 amide bonds. The second-order valence-corrected chi connectivity index (χ2v) is 10.7. The first-order chi connectivity index (χ1) is 16.3. The maximum Gasteiger partial charge on any atom is 0.264 e. The topological polar surface area (TPSA) is 60.9 Å². The number of anilines is 1. The summed E-state index contributed by atoms with van der Waals surface area (Å²) in [6.45, 7) is 7.16. The van der Waals surface area contributed by atoms with Crippen LogP contribution in [0, 0.1) is 13.8 Å². The van der Waals surface area contributed by atoms with Crippen molar-refractivity contribution in [1.82, 2.24) is 9.80 Å². The van der Waals surface area contributed by atoms with Crippen LogP contribution in [0.3, 0.4) is 0 Å². The van der Waals surface area contributed by atoms with Crippen LogP contribution in [0.4, 0.5) is 5.69 Å². The van der Waals surface area contributed by atoms with E-state index in [4.69, 9.17) is 0 Å². The van der Waals surface area contributed by atoms with Gasteiger partial charge in [-0.2, -0.15) is 0 Å². The van der Waals surface area contributed by atoms with Crippen molar-refractivity contribution >= 4 is 21.6 Å². The van der Waals surface area contributed by atoms with Crippen LogP contribution < -0.4 is 4.31 Å². The van der Waals surface area contributed by atoms with E-state index in [1.165, 1.54) is 9.87 Å². The normalized spacial score (nSPS) is 14.7. The highest BCUT2D eigenvalue weighted by Crippen LogP contribution is 2.26. The number of hydrogen-bond acceptors (Lipinski definition) is 4. The van der Waals surface area contributed by atoms with Crippen molar-refractivity contribution in [1.29, 1.82) is 0 Å². The average Bonchev–Trinajstić information content (AvgIpc) is 2.83. The molecular weight excluding hydrogens is 446 g/mol. The van der Waals surface area contributed by atoms with Crippen LogP contribution in [-0.2, 0) is 21.4 Å². The number of piperazine rings is 1. The maximum atomic E-state index is 13.6. The molecule has 0 unspecified atom stereocenters. The van der Waals surface area contributed by atoms with E-state index in [0.717, 1.165) is 30.8 Å². The zero-order valence-electron chi connectivity index (χ0n) is 19.7. The summed E-state index contributed by atoms with van der Waals surface area (Å²) in [7, 11) is -3.90. The number of carbonyl (C=O) groups is 1. The largest absolute Gasteiger partial charge is 0.339 e. The van der Waals surface area contributed by atoms with Crippen molar-refractivity contribution in [3.63, 3.8) is 0 Å². The van der Waals surface area contributed by atoms with Crippen molar-refractivity contribution in [2.24, 2.45) is 0 Å². The first-order valence-corrected chi connectivity index (χ1v) is 13.0. The van der Waals surface area contributed by atoms with Gasteiger partial charge in [-0.05, 0) is 54.8 Å². The van der Waals surface area contributed by atoms with Crippen LogP contribution in [0.25, 0.3) is 0 Å². The molecule has 1 heterocycles. The monoisotopic (exact) mass is 477 g/mol. The van der Waals surface area contributed by atoms with Gasteiger partial charge >= 0.3 is 0 Å². The van der Waals surface area contributed by atoms with Crippen molar-refractivity contribution in [3.8, 4) is 0 Å². The van der Waals surface area contributed by atoms with Gasteiger partial charge in [0.1, 0.15) is 6.54 Å². The van der Waals surface area contributed by atoms with E-state index in [2.05, 4.69) is 17.0 Å². The number of benzene rings is 3. The molecule has 178 valence electrons. The lowest BCUT2D eigenvalue weighted by atomic mass is 10.1. The van der Waals surface area contributed by atoms with Gasteiger partial charge in [-0.3, -0.25) is 14.0 Å². The van der Waals surface area contributed by atoms with Crippen molar-refractivity contribution in [2.45, 2.75) is 25.3 Å². The average molecular weight is 478 g/mol. The summed E-state index contributed by atoms with van der Waals surface area (Å²) < 4.78 is 28.4. The molecule has 34 heavy (non-hydrogen) atoms. The van der Waals surface area contributed by atoms with E-state index < -0.39 is 10.0 Å². The number of amides is 1. The van der Waals surface area contributed by atoms with E-state index >= 15 is 0 Å². The molecule has 6 nitrogen and oxygen atoms in total. The summed E-state index contributed by atoms with van der Waals surface area (Å²) in [5.41, 5.74) is 3.66. The van der Waals surface area contributed by atoms with E-state index in [0.29, 0.717) is 18.8 Å². The van der Waals surface area contributed by atoms with Crippen LogP contribution >= 0.6 is 0 Å². The van der Waals surface area contributed by atoms with E-state index in [1.807, 2.05) is 50.2 Å². The lowest BCUT2D eigenvalue weighted by Gasteiger charge is -2.36. The minimum absolute atomic E-state index is 0.176. The Morgan fingerprint density at radius 2 is 1.38 bits per heavy atom. The van der Waals surface area contributed by atoms with Gasteiger partial charge in [0.25, 0.3) is 10.0 Å². The summed E-state index contributed by atoms with van der Waals surface area (Å²) in [5, 5.41) is 0. The quantitative estimate of drug-likeness (QED) is 0.519. The maximum absolute atomic E-state index is 13.6. The zero-order chi connectivity index (χ0) is 24.1. The predicted molar refractivity (Wildman–Crippen MR) is 135 cm³/mol. The van der Waals surface area contributed by atoms with Crippen LogP contribution in [0.15, 0.2) is 83.8 Å². The van der Waals surface area contributed by atoms with Crippen LogP contribution in [-0.4, -0.2) is 56.8 Å². The van der Waals surface area contributed by atoms with Crippen LogP contribution in [0.1, 0.15) is 16.7 Å². The van der Waals surface area contributed by atoms with Gasteiger partial charge in [0.15, 0.2) is 0 Å². The number of nitrogens with zero attached hydrogens (tertiary/aromatic N) is 3. The Kier molecular flexibility index (Phi) is 7.34. The third-order valence-electron chi connectivity index (χ3n) is 6.08. The second kappa shape index (κ2) is 10.4. The molecule has 0 spiro atoms. The SMILES string of the molecule is Cc1cc(C)cc(N(CC(=O)N2CCN(Cc3ccccc3)CC2)S(=O)(=O)c2ccccc2)c1. The number of rotatable bonds is 7. The second-order valence-electron chi connectivity index (χ2n) is 8.81. The molecule has 0 N–H and O–H groups in total. The summed E-state index contributed by atoms with van der Waals surface area (Å²) in [6.07, 6.45) is 0. The van der Waals surface area contributed by atoms with Crippen LogP contribution in [0.2, 0.25) is 0 Å². The number of carbonyl (C=O) groups excluding carboxylic acids is 1. The molecule has 1 aliphatic rings. The lowest BCUT2D eigenvalue weighted by molar-refractivity contribution is -0.131. The standard InChI is InChI=1S/C27H31N3O3S/c1-22-17-23(2)19-25(18-22)30(34(32,33)26-11-7-4-8-12-26)21-27(31)29-15-13-28(14-16-29)20-24-9-5-3-6-10-24/h3-12,17-19H,13-16,20-21H2,1-2H3. The fourth-order valence-corrected chi connectivity index (χ4v) is 5.77. The molecule has 0 saturated carbocycles. The summed E-state index contributed by atoms with van der Waals surface area (Å²) in [6, 6.07) is 24.2. The number of aryl methyl sites for hydroxylation is 2. The Balaban J connectivity index is 1.51. The molecule has 7 heteroatoms. The Morgan fingerprint density at radius 1 is 0.824 bits per heavy atom. The first-order valence-electron chi connectivity index (χ1n) is 11.5. The van der Waals surface area contributed by atoms with Gasteiger partial charge in [-0.15, -0.1) is 0 Å². The van der Waals surface area contributed by atoms with Gasteiger partial charge in [-0.1, -0.05) is 54.6 Å². The highest BCUT2D eigenvalue weighted by Gasteiger charge is 2.30. The predicted octanol–water partition coefficient (Wildman–Crippen LogP) is 3.84. The molecular formula is C27H31N3O3S. The van der Waals surface area contributed by atoms with E-state index in [9.17, 15) is 13.2 Å². The minimum Gasteiger partial charge on any atom is -0.339 e. The molecule has 0 bridgehead atoms. The molecule has 0 atom stereocenters. The van der Waals surface area contributed by atoms with Crippen molar-refractivity contribution in [3.05, 3.63) is 95.6 Å². The summed E-state index contributed by atoms with van der Waals surface area (Å²) in [5.74, 6) is -0.182. The number of sulfonamides is 1. The Hall–Kier alpha value is -3.16. The van der Waals surface area contributed by atoms with Crippen molar-refractivity contribution in [2.75, 3.05) is 37.0 Å². The van der Waals surface area contributed by atoms with E-state index in [-0.39, 0.29) is 17.3 Å². The lowest BCUT2D eigenvalue weighted by Crippen LogP contribution is -2.51. The Labute approximate surface area is 202 Å². The fraction of sp³-hybridized carbons (Fsp3) is 0.296. The number of hydrogen-bond donors (Lipinski definition) is 0. The molecule has 0 aliphatic carbocycles. The third kappa shape index (κ3) is 5.66. The van der Waals surface area contributed by atoms with Gasteiger partial charge in [-0.25, -0.2) is 8.42 Å². The Morgan fingerprint density at radius 3 is 1.97 bits per heavy atom. The molecule has 3 aromatic rings. The highest BCUT2D eigenvalue weighted by atomic mass is 32.2. The first kappa shape index (κ1) is 24.0. The van der Waals surface area contributed by atoms with Crippen LogP contribution in [0.5, 0.6) is 0 Å². The Bertz CT molecular complexity index is 1200. The highest BCUT2D eigenvalue weighted by molar-refractivity contribution is 7.92. The van der Waals surface area contributed by atoms with Gasteiger partial charge in [0.2, 0.25) is 5.91 Å². The fourth-order valence-electron chi connectivity index (χ4n) is 4.35. The molecule has 0 radical (unpaired) electrons. The van der Waals surface area contributed by atoms with E-state index in [1.54, 1.807) is 35.2 Å². The molecule has 1 fully saturated rings. The third-order valence-corrected chi connectivity index (χ3v) is 7.87. The minimum atomic E-state index is -3.90. The molecule has 4 rings (SSSR count).